The third-order valence-corrected chi connectivity index (χ3v) is 7.04. The number of aromatic nitrogens is 1. The molecular formula is C21H21Cl2FN4O4S2. The molecule has 2 aromatic carbocycles. The number of hydrogen-bond acceptors (Lipinski definition) is 7. The van der Waals surface area contributed by atoms with E-state index in [4.69, 9.17) is 27.9 Å². The van der Waals surface area contributed by atoms with Crippen LogP contribution in [0.1, 0.15) is 12.0 Å². The monoisotopic (exact) mass is 546 g/mol. The topological polar surface area (TPSA) is 109 Å². The zero-order valence-electron chi connectivity index (χ0n) is 17.9. The van der Waals surface area contributed by atoms with Crippen molar-refractivity contribution in [3.05, 3.63) is 62.6 Å². The first-order valence-electron chi connectivity index (χ1n) is 9.97. The molecule has 0 aliphatic heterocycles. The highest BCUT2D eigenvalue weighted by molar-refractivity contribution is 7.92. The van der Waals surface area contributed by atoms with Gasteiger partial charge in [0.05, 0.1) is 17.1 Å². The van der Waals surface area contributed by atoms with Crippen LogP contribution in [0.3, 0.4) is 0 Å². The summed E-state index contributed by atoms with van der Waals surface area (Å²) in [6.45, 7) is 0.782. The Bertz CT molecular complexity index is 1260. The van der Waals surface area contributed by atoms with Crippen LogP contribution in [0, 0.1) is 5.82 Å². The van der Waals surface area contributed by atoms with E-state index in [1.807, 2.05) is 0 Å². The highest BCUT2D eigenvalue weighted by Crippen LogP contribution is 2.36. The van der Waals surface area contributed by atoms with Crippen LogP contribution < -0.4 is 20.1 Å². The maximum atomic E-state index is 14.8. The van der Waals surface area contributed by atoms with E-state index >= 15 is 0 Å². The van der Waals surface area contributed by atoms with E-state index in [0.29, 0.717) is 30.2 Å². The first kappa shape index (κ1) is 26.2. The fourth-order valence-electron chi connectivity index (χ4n) is 2.91. The molecule has 8 nitrogen and oxygen atoms in total. The van der Waals surface area contributed by atoms with Gasteiger partial charge in [0.15, 0.2) is 5.82 Å². The van der Waals surface area contributed by atoms with Crippen LogP contribution in [0.5, 0.6) is 11.5 Å². The maximum Gasteiger partial charge on any atom is 0.266 e. The average Bonchev–Trinajstić information content (AvgIpc) is 3.29. The predicted molar refractivity (Wildman–Crippen MR) is 131 cm³/mol. The number of hydrogen-bond donors (Lipinski definition) is 3. The van der Waals surface area contributed by atoms with Crippen LogP contribution in [-0.4, -0.2) is 39.4 Å². The zero-order chi connectivity index (χ0) is 24.7. The highest BCUT2D eigenvalue weighted by Gasteiger charge is 2.23. The van der Waals surface area contributed by atoms with E-state index in [0.717, 1.165) is 17.7 Å². The van der Waals surface area contributed by atoms with Crippen molar-refractivity contribution in [1.29, 1.82) is 0 Å². The van der Waals surface area contributed by atoms with Crippen LogP contribution in [0.4, 0.5) is 10.2 Å². The van der Waals surface area contributed by atoms with Crippen LogP contribution in [0.15, 0.2) is 46.1 Å². The standard InChI is InChI=1S/C21H21Cl2FN4O4S2/c1-25-21(29)10-26-6-2-3-13-7-14(22)4-5-17(13)32-18-9-16(24)19(8-15(18)23)34(30,31)28-20-11-33-12-27-20/h4-5,7-9,11-12,26,28H,2-3,6,10H2,1H3,(H,25,29). The van der Waals surface area contributed by atoms with Gasteiger partial charge in [0, 0.05) is 23.5 Å². The van der Waals surface area contributed by atoms with Crippen molar-refractivity contribution in [1.82, 2.24) is 15.6 Å². The summed E-state index contributed by atoms with van der Waals surface area (Å²) in [5, 5.41) is 7.42. The maximum absolute atomic E-state index is 14.8. The summed E-state index contributed by atoms with van der Waals surface area (Å²) in [6.07, 6.45) is 1.23. The van der Waals surface area contributed by atoms with Crippen molar-refractivity contribution >= 4 is 56.3 Å². The Morgan fingerprint density at radius 3 is 2.71 bits per heavy atom. The third kappa shape index (κ3) is 7.03. The Labute approximate surface area is 210 Å². The number of carbonyl (C=O) groups excluding carboxylic acids is 1. The summed E-state index contributed by atoms with van der Waals surface area (Å²) in [7, 11) is -2.68. The number of nitrogens with zero attached hydrogens (tertiary/aromatic N) is 1. The van der Waals surface area contributed by atoms with Gasteiger partial charge in [-0.15, -0.1) is 11.3 Å². The summed E-state index contributed by atoms with van der Waals surface area (Å²) in [5.74, 6) is -0.718. The molecule has 0 fully saturated rings. The lowest BCUT2D eigenvalue weighted by molar-refractivity contribution is -0.119. The minimum Gasteiger partial charge on any atom is -0.455 e. The van der Waals surface area contributed by atoms with Gasteiger partial charge < -0.3 is 15.4 Å². The Kier molecular flexibility index (Phi) is 9.09. The Hall–Kier alpha value is -2.44. The van der Waals surface area contributed by atoms with Crippen LogP contribution in [-0.2, 0) is 21.2 Å². The fourth-order valence-corrected chi connectivity index (χ4v) is 5.01. The SMILES string of the molecule is CNC(=O)CNCCCc1cc(Cl)ccc1Oc1cc(F)c(S(=O)(=O)Nc2cscn2)cc1Cl. The molecular weight excluding hydrogens is 526 g/mol. The summed E-state index contributed by atoms with van der Waals surface area (Å²) in [6, 6.07) is 6.86. The number of amides is 1. The van der Waals surface area contributed by atoms with Crippen LogP contribution in [0.2, 0.25) is 10.0 Å². The summed E-state index contributed by atoms with van der Waals surface area (Å²) < 4.78 is 47.9. The van der Waals surface area contributed by atoms with E-state index in [1.165, 1.54) is 22.2 Å². The number of ether oxygens (including phenoxy) is 1. The average molecular weight is 547 g/mol. The molecule has 0 spiro atoms. The first-order valence-corrected chi connectivity index (χ1v) is 13.2. The number of sulfonamides is 1. The summed E-state index contributed by atoms with van der Waals surface area (Å²) in [5.41, 5.74) is 2.19. The van der Waals surface area contributed by atoms with Gasteiger partial charge in [0.2, 0.25) is 5.91 Å². The van der Waals surface area contributed by atoms with E-state index in [1.54, 1.807) is 25.2 Å². The lowest BCUT2D eigenvalue weighted by Gasteiger charge is -2.14. The number of likely N-dealkylation sites (N-methyl/N-ethyl adjacent to an activating group) is 1. The second-order valence-electron chi connectivity index (χ2n) is 7.00. The molecule has 13 heteroatoms. The van der Waals surface area contributed by atoms with Crippen molar-refractivity contribution in [3.8, 4) is 11.5 Å². The Morgan fingerprint density at radius 2 is 2.00 bits per heavy atom. The predicted octanol–water partition coefficient (Wildman–Crippen LogP) is 4.45. The largest absolute Gasteiger partial charge is 0.455 e. The molecule has 3 aromatic rings. The van der Waals surface area contributed by atoms with Gasteiger partial charge in [-0.1, -0.05) is 23.2 Å². The molecule has 3 N–H and O–H groups in total. The number of benzene rings is 2. The second kappa shape index (κ2) is 11.8. The van der Waals surface area contributed by atoms with Gasteiger partial charge in [-0.25, -0.2) is 17.8 Å². The molecule has 0 radical (unpaired) electrons. The lowest BCUT2D eigenvalue weighted by atomic mass is 10.1. The third-order valence-electron chi connectivity index (χ3n) is 4.55. The quantitative estimate of drug-likeness (QED) is 0.306. The number of halogens is 3. The zero-order valence-corrected chi connectivity index (χ0v) is 21.0. The van der Waals surface area contributed by atoms with Gasteiger partial charge >= 0.3 is 0 Å². The van der Waals surface area contributed by atoms with Crippen molar-refractivity contribution in [3.63, 3.8) is 0 Å². The molecule has 1 aromatic heterocycles. The Balaban J connectivity index is 1.75. The van der Waals surface area contributed by atoms with Crippen LogP contribution >= 0.6 is 34.5 Å². The fraction of sp³-hybridized carbons (Fsp3) is 0.238. The number of rotatable bonds is 11. The molecule has 0 saturated heterocycles. The van der Waals surface area contributed by atoms with Gasteiger partial charge in [-0.2, -0.15) is 0 Å². The smallest absolute Gasteiger partial charge is 0.266 e. The number of anilines is 1. The molecule has 1 heterocycles. The molecule has 1 amide bonds. The van der Waals surface area contributed by atoms with E-state index < -0.39 is 20.7 Å². The van der Waals surface area contributed by atoms with Gasteiger partial charge in [0.25, 0.3) is 10.0 Å². The number of carbonyl (C=O) groups is 1. The van der Waals surface area contributed by atoms with E-state index in [2.05, 4.69) is 20.3 Å². The van der Waals surface area contributed by atoms with Gasteiger partial charge in [-0.3, -0.25) is 9.52 Å². The summed E-state index contributed by atoms with van der Waals surface area (Å²) >= 11 is 13.5. The van der Waals surface area contributed by atoms with Crippen molar-refractivity contribution in [2.45, 2.75) is 17.7 Å². The highest BCUT2D eigenvalue weighted by atomic mass is 35.5. The van der Waals surface area contributed by atoms with E-state index in [-0.39, 0.29) is 29.0 Å². The lowest BCUT2D eigenvalue weighted by Crippen LogP contribution is -2.31. The number of nitrogens with one attached hydrogen (secondary N) is 3. The molecule has 0 atom stereocenters. The number of thiazole rings is 1. The molecule has 182 valence electrons. The molecule has 3 rings (SSSR count). The minimum absolute atomic E-state index is 0.0481. The van der Waals surface area contributed by atoms with Crippen molar-refractivity contribution in [2.75, 3.05) is 24.9 Å². The number of aryl methyl sites for hydroxylation is 1. The van der Waals surface area contributed by atoms with E-state index in [9.17, 15) is 17.6 Å². The molecule has 0 bridgehead atoms. The van der Waals surface area contributed by atoms with Crippen molar-refractivity contribution in [2.24, 2.45) is 0 Å². The molecule has 0 aliphatic rings. The molecule has 34 heavy (non-hydrogen) atoms. The van der Waals surface area contributed by atoms with Crippen molar-refractivity contribution < 1.29 is 22.3 Å². The van der Waals surface area contributed by atoms with Gasteiger partial charge in [-0.05, 0) is 49.2 Å². The van der Waals surface area contributed by atoms with Crippen LogP contribution in [0.25, 0.3) is 0 Å². The molecule has 0 saturated carbocycles. The van der Waals surface area contributed by atoms with Gasteiger partial charge in [0.1, 0.15) is 22.2 Å². The first-order chi connectivity index (χ1) is 16.2. The molecule has 0 aliphatic carbocycles. The second-order valence-corrected chi connectivity index (χ2v) is 10.2. The molecule has 0 unspecified atom stereocenters. The minimum atomic E-state index is -4.24. The Morgan fingerprint density at radius 1 is 1.21 bits per heavy atom. The normalized spacial score (nSPS) is 11.3. The summed E-state index contributed by atoms with van der Waals surface area (Å²) in [4.78, 5) is 14.5.